The van der Waals surface area contributed by atoms with E-state index in [1.165, 1.54) is 45.0 Å². The van der Waals surface area contributed by atoms with Crippen LogP contribution in [0.15, 0.2) is 170 Å². The van der Waals surface area contributed by atoms with E-state index in [-0.39, 0.29) is 24.7 Å². The summed E-state index contributed by atoms with van der Waals surface area (Å²) in [6.45, 7) is 3.40. The predicted molar refractivity (Wildman–Crippen MR) is 317 cm³/mol. The van der Waals surface area contributed by atoms with Crippen LogP contribution >= 0.6 is 0 Å². The molecule has 8 aromatic carbocycles. The third-order valence-corrected chi connectivity index (χ3v) is 14.2. The summed E-state index contributed by atoms with van der Waals surface area (Å²) in [7, 11) is 13.2. The smallest absolute Gasteiger partial charge is 0.161 e. The number of rotatable bonds is 12. The van der Waals surface area contributed by atoms with Crippen molar-refractivity contribution >= 4 is 22.7 Å². The fourth-order valence-corrected chi connectivity index (χ4v) is 9.87. The molecule has 16 nitrogen and oxygen atoms in total. The minimum atomic E-state index is 0.0738. The van der Waals surface area contributed by atoms with Crippen molar-refractivity contribution < 1.29 is 37.9 Å². The van der Waals surface area contributed by atoms with Crippen LogP contribution in [0.2, 0.25) is 0 Å². The fraction of sp³-hybridized carbons (Fsp3) is 0.250. The van der Waals surface area contributed by atoms with Crippen LogP contribution in [-0.2, 0) is 26.2 Å². The topological polar surface area (TPSA) is 170 Å². The van der Waals surface area contributed by atoms with Crippen LogP contribution in [0.5, 0.6) is 46.0 Å². The van der Waals surface area contributed by atoms with Crippen molar-refractivity contribution in [3.05, 3.63) is 214 Å². The second-order valence-corrected chi connectivity index (χ2v) is 18.9. The van der Waals surface area contributed by atoms with Gasteiger partial charge in [0.05, 0.1) is 56.9 Å². The van der Waals surface area contributed by atoms with Crippen LogP contribution < -0.4 is 80.4 Å². The zero-order chi connectivity index (χ0) is 55.8. The van der Waals surface area contributed by atoms with E-state index in [4.69, 9.17) is 37.9 Å². The first-order valence-electron chi connectivity index (χ1n) is 26.5. The van der Waals surface area contributed by atoms with Gasteiger partial charge in [0.2, 0.25) is 0 Å². The number of benzene rings is 8. The highest BCUT2D eigenvalue weighted by atomic mass is 16.5. The van der Waals surface area contributed by atoms with Crippen molar-refractivity contribution in [1.82, 2.24) is 21.3 Å². The van der Waals surface area contributed by atoms with E-state index < -0.39 is 0 Å². The van der Waals surface area contributed by atoms with Gasteiger partial charge in [-0.1, -0.05) is 97.1 Å². The number of fused-ring (bicyclic) bond motifs is 4. The van der Waals surface area contributed by atoms with Crippen molar-refractivity contribution in [2.75, 3.05) is 78.1 Å². The summed E-state index contributed by atoms with van der Waals surface area (Å²) in [5.74, 6) is 5.94. The first-order chi connectivity index (χ1) is 39.3. The number of hydrogen-bond donors (Lipinski definition) is 8. The number of anilines is 4. The van der Waals surface area contributed by atoms with Gasteiger partial charge in [-0.3, -0.25) is 21.3 Å². The van der Waals surface area contributed by atoms with Gasteiger partial charge in [-0.15, -0.1) is 0 Å². The molecule has 4 aliphatic heterocycles. The van der Waals surface area contributed by atoms with Crippen LogP contribution in [0.3, 0.4) is 0 Å². The minimum absolute atomic E-state index is 0.0738. The van der Waals surface area contributed by atoms with Crippen molar-refractivity contribution in [3.8, 4) is 46.0 Å². The Bertz CT molecular complexity index is 2890. The number of methoxy groups -OCH3 is 8. The molecule has 0 unspecified atom stereocenters. The van der Waals surface area contributed by atoms with E-state index in [1.54, 1.807) is 56.9 Å². The Morgan fingerprint density at radius 1 is 0.250 bits per heavy atom. The summed E-state index contributed by atoms with van der Waals surface area (Å²) in [4.78, 5) is 0. The third-order valence-electron chi connectivity index (χ3n) is 14.2. The Kier molecular flexibility index (Phi) is 19.0. The van der Waals surface area contributed by atoms with Crippen molar-refractivity contribution in [2.45, 2.75) is 50.8 Å². The summed E-state index contributed by atoms with van der Waals surface area (Å²) < 4.78 is 42.5. The normalized spacial score (nSPS) is 17.0. The van der Waals surface area contributed by atoms with Gasteiger partial charge in [-0.2, -0.15) is 0 Å². The second kappa shape index (κ2) is 27.2. The quantitative estimate of drug-likeness (QED) is 0.0581. The molecule has 416 valence electrons. The molecular formula is C64H72N8O8. The van der Waals surface area contributed by atoms with Crippen LogP contribution in [-0.4, -0.2) is 56.9 Å². The van der Waals surface area contributed by atoms with Gasteiger partial charge < -0.3 is 59.2 Å². The molecule has 4 aliphatic rings. The largest absolute Gasteiger partial charge is 0.493 e. The Balaban J connectivity index is 0.000000129. The first kappa shape index (κ1) is 55.9. The Labute approximate surface area is 469 Å². The maximum absolute atomic E-state index is 5.36. The predicted octanol–water partition coefficient (Wildman–Crippen LogP) is 11.7. The highest BCUT2D eigenvalue weighted by Crippen LogP contribution is 2.37. The van der Waals surface area contributed by atoms with Gasteiger partial charge in [-0.05, 0) is 117 Å². The summed E-state index contributed by atoms with van der Waals surface area (Å²) in [6.07, 6.45) is 0.295. The standard InChI is InChI=1S/4C16H18N2O2/c4*1-19-14-8-7-11(9-15(14)20-2)16-17-10-12-5-3-4-6-13(12)18-16/h4*3-9,16-18H,10H2,1-2H3/t4*16-/m1000/s1. The molecule has 80 heavy (non-hydrogen) atoms. The maximum atomic E-state index is 5.36. The molecule has 0 spiro atoms. The summed E-state index contributed by atoms with van der Waals surface area (Å²) in [5, 5.41) is 27.9. The molecule has 16 heteroatoms. The fourth-order valence-electron chi connectivity index (χ4n) is 9.87. The molecule has 0 amide bonds. The van der Waals surface area contributed by atoms with E-state index in [9.17, 15) is 0 Å². The number of nitrogens with one attached hydrogen (secondary N) is 8. The number of para-hydroxylation sites is 4. The Morgan fingerprint density at radius 2 is 0.450 bits per heavy atom. The van der Waals surface area contributed by atoms with E-state index in [1.807, 2.05) is 97.1 Å². The molecule has 0 bridgehead atoms. The SMILES string of the molecule is COc1ccc([C@@H]2NCc3ccccc3N2)cc1OC.COc1ccc([C@H]2NCc3ccccc3N2)cc1OC.COc1ccc([C@H]2NCc3ccccc3N2)cc1OC.COc1ccc([C@H]2NCc3ccccc3N2)cc1OC. The lowest BCUT2D eigenvalue weighted by atomic mass is 10.1. The van der Waals surface area contributed by atoms with Crippen LogP contribution in [0.4, 0.5) is 22.7 Å². The van der Waals surface area contributed by atoms with Crippen LogP contribution in [0, 0.1) is 0 Å². The first-order valence-corrected chi connectivity index (χ1v) is 26.5. The van der Waals surface area contributed by atoms with E-state index in [0.717, 1.165) is 94.4 Å². The van der Waals surface area contributed by atoms with Gasteiger partial charge in [0, 0.05) is 48.9 Å². The molecule has 12 rings (SSSR count). The molecular weight excluding hydrogens is 1010 g/mol. The maximum Gasteiger partial charge on any atom is 0.161 e. The highest BCUT2D eigenvalue weighted by molar-refractivity contribution is 5.59. The highest BCUT2D eigenvalue weighted by Gasteiger charge is 2.23. The zero-order valence-corrected chi connectivity index (χ0v) is 46.6. The van der Waals surface area contributed by atoms with Gasteiger partial charge in [0.15, 0.2) is 46.0 Å². The van der Waals surface area contributed by atoms with Gasteiger partial charge in [-0.25, -0.2) is 0 Å². The summed E-state index contributed by atoms with van der Waals surface area (Å²) in [5.41, 5.74) is 14.3. The van der Waals surface area contributed by atoms with Gasteiger partial charge in [0.25, 0.3) is 0 Å². The molecule has 4 atom stereocenters. The van der Waals surface area contributed by atoms with Crippen LogP contribution in [0.25, 0.3) is 0 Å². The second-order valence-electron chi connectivity index (χ2n) is 18.9. The summed E-state index contributed by atoms with van der Waals surface area (Å²) in [6, 6.07) is 57.2. The number of hydrogen-bond acceptors (Lipinski definition) is 16. The molecule has 8 aromatic rings. The minimum Gasteiger partial charge on any atom is -0.493 e. The van der Waals surface area contributed by atoms with E-state index >= 15 is 0 Å². The molecule has 8 N–H and O–H groups in total. The molecule has 0 saturated heterocycles. The Hall–Kier alpha value is -8.80. The van der Waals surface area contributed by atoms with Crippen molar-refractivity contribution in [1.29, 1.82) is 0 Å². The van der Waals surface area contributed by atoms with E-state index in [2.05, 4.69) is 115 Å². The average molecular weight is 1080 g/mol. The molecule has 0 saturated carbocycles. The average Bonchev–Trinajstić information content (AvgIpc) is 3.54. The summed E-state index contributed by atoms with van der Waals surface area (Å²) >= 11 is 0. The third kappa shape index (κ3) is 13.4. The lowest BCUT2D eigenvalue weighted by molar-refractivity contribution is 0.354. The van der Waals surface area contributed by atoms with Crippen LogP contribution in [0.1, 0.15) is 69.2 Å². The molecule has 0 radical (unpaired) electrons. The molecule has 0 aliphatic carbocycles. The lowest BCUT2D eigenvalue weighted by Crippen LogP contribution is -2.32. The number of ether oxygens (including phenoxy) is 8. The van der Waals surface area contributed by atoms with E-state index in [0.29, 0.717) is 0 Å². The Morgan fingerprint density at radius 3 is 0.650 bits per heavy atom. The van der Waals surface area contributed by atoms with Crippen molar-refractivity contribution in [3.63, 3.8) is 0 Å². The zero-order valence-electron chi connectivity index (χ0n) is 46.6. The van der Waals surface area contributed by atoms with Crippen molar-refractivity contribution in [2.24, 2.45) is 0 Å². The monoisotopic (exact) mass is 1080 g/mol. The van der Waals surface area contributed by atoms with Gasteiger partial charge in [0.1, 0.15) is 24.7 Å². The molecule has 0 aromatic heterocycles. The van der Waals surface area contributed by atoms with Gasteiger partial charge >= 0.3 is 0 Å². The lowest BCUT2D eigenvalue weighted by Gasteiger charge is -2.29. The molecule has 4 heterocycles. The molecule has 0 fully saturated rings.